The van der Waals surface area contributed by atoms with E-state index in [9.17, 15) is 43.2 Å². The summed E-state index contributed by atoms with van der Waals surface area (Å²) in [6.45, 7) is 11.1. The molecule has 0 aromatic heterocycles. The van der Waals surface area contributed by atoms with Gasteiger partial charge >= 0.3 is 35.8 Å². The number of rotatable bonds is 20. The van der Waals surface area contributed by atoms with Crippen LogP contribution in [0.5, 0.6) is 0 Å². The van der Waals surface area contributed by atoms with Gasteiger partial charge in [0.2, 0.25) is 0 Å². The smallest absolute Gasteiger partial charge is 0.336 e. The molecule has 64 heavy (non-hydrogen) atoms. The van der Waals surface area contributed by atoms with Gasteiger partial charge in [0.05, 0.1) is 25.7 Å². The molecule has 2 aromatic carbocycles. The summed E-state index contributed by atoms with van der Waals surface area (Å²) < 4.78 is 0. The molecule has 350 valence electrons. The van der Waals surface area contributed by atoms with Crippen molar-refractivity contribution >= 4 is 53.2 Å². The average molecular weight is 899 g/mol. The van der Waals surface area contributed by atoms with Crippen LogP contribution in [-0.4, -0.2) is 154 Å². The van der Waals surface area contributed by atoms with Crippen molar-refractivity contribution < 1.29 is 84.0 Å². The highest BCUT2D eigenvalue weighted by atomic mass is 16.4. The molecule has 8 N–H and O–H groups in total. The first-order chi connectivity index (χ1) is 29.9. The Balaban J connectivity index is 0.000000344. The Bertz CT molecular complexity index is 1890. The third-order valence-electron chi connectivity index (χ3n) is 11.5. The third kappa shape index (κ3) is 15.7. The number of carbonyl (C=O) groups is 9. The van der Waals surface area contributed by atoms with Crippen LogP contribution in [0.25, 0.3) is 11.1 Å². The van der Waals surface area contributed by atoms with Gasteiger partial charge in [-0.25, -0.2) is 9.59 Å². The van der Waals surface area contributed by atoms with E-state index in [2.05, 4.69) is 23.6 Å². The fourth-order valence-electron chi connectivity index (χ4n) is 7.64. The summed E-state index contributed by atoms with van der Waals surface area (Å²) in [7, 11) is 0. The first-order valence-corrected chi connectivity index (χ1v) is 21.1. The number of piperidine rings is 2. The van der Waals surface area contributed by atoms with Crippen molar-refractivity contribution in [2.75, 3.05) is 39.3 Å². The fourth-order valence-corrected chi connectivity index (χ4v) is 7.64. The van der Waals surface area contributed by atoms with E-state index in [1.165, 1.54) is 25.7 Å². The van der Waals surface area contributed by atoms with Crippen molar-refractivity contribution in [1.82, 2.24) is 9.80 Å². The first kappa shape index (κ1) is 52.5. The SMILES string of the molecule is CC1CCN(CCCC(=O)c2ccc3c(c2)C(=O)c2cc(C(=O)CCCN4CCC(C)CC4)ccc2-3)CC1.O=C(O)CC(O)(CC(=O)O)C(=O)O.O=C(O)CC(O)(CC(=O)O)C(=O)O. The largest absolute Gasteiger partial charge is 0.481 e. The van der Waals surface area contributed by atoms with Crippen LogP contribution in [0.2, 0.25) is 0 Å². The predicted octanol–water partition coefficient (Wildman–Crippen LogP) is 3.79. The lowest BCUT2D eigenvalue weighted by Crippen LogP contribution is -2.42. The van der Waals surface area contributed by atoms with Gasteiger partial charge < -0.3 is 50.7 Å². The standard InChI is InChI=1S/C33H42N2O3.2C6H8O7/c1-23-11-17-34(18-12-23)15-3-5-31(36)25-7-9-27-28-10-8-26(22-30(28)33(38)29(27)21-25)32(37)6-4-16-35-19-13-24(2)14-20-35;2*7-3(8)1-6(13,5(11)12)2-4(9)10/h7-10,21-24H,3-6,11-20H2,1-2H3;2*13H,1-2H2,(H,7,8)(H,9,10)(H,11,12). The van der Waals surface area contributed by atoms with Crippen molar-refractivity contribution in [3.63, 3.8) is 0 Å². The molecule has 0 amide bonds. The van der Waals surface area contributed by atoms with Crippen molar-refractivity contribution in [3.8, 4) is 11.1 Å². The van der Waals surface area contributed by atoms with E-state index in [0.717, 1.165) is 75.1 Å². The molecule has 0 bridgehead atoms. The van der Waals surface area contributed by atoms with Gasteiger partial charge in [-0.05, 0) is 113 Å². The van der Waals surface area contributed by atoms with E-state index >= 15 is 0 Å². The van der Waals surface area contributed by atoms with Crippen molar-refractivity contribution in [2.24, 2.45) is 11.8 Å². The van der Waals surface area contributed by atoms with Gasteiger partial charge in [0.15, 0.2) is 28.6 Å². The number of carboxylic acids is 6. The van der Waals surface area contributed by atoms with Gasteiger partial charge in [-0.15, -0.1) is 0 Å². The second-order valence-electron chi connectivity index (χ2n) is 16.9. The maximum atomic E-state index is 13.3. The minimum absolute atomic E-state index is 0.0795. The Kier molecular flexibility index (Phi) is 19.4. The van der Waals surface area contributed by atoms with E-state index in [-0.39, 0.29) is 17.3 Å². The molecule has 19 nitrogen and oxygen atoms in total. The Morgan fingerprint density at radius 1 is 0.516 bits per heavy atom. The average Bonchev–Trinajstić information content (AvgIpc) is 3.48. The number of nitrogens with zero attached hydrogens (tertiary/aromatic N) is 2. The lowest BCUT2D eigenvalue weighted by molar-refractivity contribution is -0.170. The summed E-state index contributed by atoms with van der Waals surface area (Å²) >= 11 is 0. The van der Waals surface area contributed by atoms with Gasteiger partial charge in [0, 0.05) is 35.1 Å². The summed E-state index contributed by atoms with van der Waals surface area (Å²) in [6, 6.07) is 11.0. The maximum Gasteiger partial charge on any atom is 0.336 e. The second-order valence-corrected chi connectivity index (χ2v) is 16.9. The molecule has 0 saturated carbocycles. The minimum atomic E-state index is -2.74. The Hall–Kier alpha value is -5.89. The highest BCUT2D eigenvalue weighted by molar-refractivity contribution is 6.23. The third-order valence-corrected chi connectivity index (χ3v) is 11.5. The van der Waals surface area contributed by atoms with Crippen molar-refractivity contribution in [2.45, 2.75) is 102 Å². The van der Waals surface area contributed by atoms with E-state index < -0.39 is 72.7 Å². The van der Waals surface area contributed by atoms with Crippen LogP contribution in [0, 0.1) is 11.8 Å². The van der Waals surface area contributed by atoms with Crippen LogP contribution in [0.3, 0.4) is 0 Å². The van der Waals surface area contributed by atoms with Crippen LogP contribution in [0.4, 0.5) is 0 Å². The number of aliphatic carboxylic acids is 6. The van der Waals surface area contributed by atoms with Crippen molar-refractivity contribution in [3.05, 3.63) is 58.7 Å². The molecule has 0 atom stereocenters. The van der Waals surface area contributed by atoms with Crippen molar-refractivity contribution in [1.29, 1.82) is 0 Å². The first-order valence-electron chi connectivity index (χ1n) is 21.1. The zero-order valence-corrected chi connectivity index (χ0v) is 36.0. The van der Waals surface area contributed by atoms with Gasteiger partial charge in [0.1, 0.15) is 0 Å². The topological polar surface area (TPSA) is 322 Å². The zero-order chi connectivity index (χ0) is 47.9. The molecule has 2 saturated heterocycles. The van der Waals surface area contributed by atoms with Gasteiger partial charge in [-0.3, -0.25) is 33.6 Å². The van der Waals surface area contributed by atoms with E-state index in [1.807, 2.05) is 24.3 Å². The highest BCUT2D eigenvalue weighted by Crippen LogP contribution is 2.38. The number of aliphatic hydroxyl groups is 2. The maximum absolute atomic E-state index is 13.3. The van der Waals surface area contributed by atoms with Crippen LogP contribution in [0.15, 0.2) is 36.4 Å². The number of ketones is 3. The number of hydrogen-bond donors (Lipinski definition) is 8. The molecule has 5 rings (SSSR count). The van der Waals surface area contributed by atoms with Gasteiger partial charge in [-0.2, -0.15) is 0 Å². The molecule has 0 spiro atoms. The summed E-state index contributed by atoms with van der Waals surface area (Å²) in [6.07, 6.45) is 3.09. The van der Waals surface area contributed by atoms with Crippen LogP contribution in [-0.2, 0) is 28.8 Å². The highest BCUT2D eigenvalue weighted by Gasteiger charge is 2.42. The number of hydrogen-bond acceptors (Lipinski definition) is 13. The Morgan fingerprint density at radius 2 is 0.812 bits per heavy atom. The molecule has 1 aliphatic carbocycles. The van der Waals surface area contributed by atoms with Crippen LogP contribution in [0.1, 0.15) is 128 Å². The second kappa shape index (κ2) is 23.7. The summed E-state index contributed by atoms with van der Waals surface area (Å²) in [5, 5.41) is 67.6. The number of carbonyl (C=O) groups excluding carboxylic acids is 3. The molecule has 2 fully saturated rings. The number of carboxylic acid groups (broad SMARTS) is 6. The summed E-state index contributed by atoms with van der Waals surface area (Å²) in [4.78, 5) is 105. The summed E-state index contributed by atoms with van der Waals surface area (Å²) in [5.41, 5.74) is -1.36. The molecule has 3 aliphatic rings. The molecule has 0 radical (unpaired) electrons. The lowest BCUT2D eigenvalue weighted by atomic mass is 9.96. The van der Waals surface area contributed by atoms with E-state index in [4.69, 9.17) is 40.9 Å². The number of likely N-dealkylation sites (tertiary alicyclic amines) is 2. The molecule has 2 heterocycles. The number of fused-ring (bicyclic) bond motifs is 3. The zero-order valence-electron chi connectivity index (χ0n) is 36.0. The molecule has 2 aromatic rings. The van der Waals surface area contributed by atoms with E-state index in [1.54, 1.807) is 12.1 Å². The molecule has 2 aliphatic heterocycles. The van der Waals surface area contributed by atoms with Gasteiger partial charge in [0.25, 0.3) is 0 Å². The number of Topliss-reactive ketones (excluding diaryl/α,β-unsaturated/α-hetero) is 2. The van der Waals surface area contributed by atoms with Crippen LogP contribution >= 0.6 is 0 Å². The Labute approximate surface area is 369 Å². The normalized spacial score (nSPS) is 15.7. The van der Waals surface area contributed by atoms with Gasteiger partial charge in [-0.1, -0.05) is 38.1 Å². The monoisotopic (exact) mass is 898 g/mol. The summed E-state index contributed by atoms with van der Waals surface area (Å²) in [5.74, 6) is -8.30. The minimum Gasteiger partial charge on any atom is -0.481 e. The molecule has 0 unspecified atom stereocenters. The van der Waals surface area contributed by atoms with Crippen LogP contribution < -0.4 is 0 Å². The molecular weight excluding hydrogens is 840 g/mol. The predicted molar refractivity (Wildman–Crippen MR) is 226 cm³/mol. The lowest BCUT2D eigenvalue weighted by Gasteiger charge is -2.30. The quantitative estimate of drug-likeness (QED) is 0.0748. The molecule has 19 heteroatoms. The van der Waals surface area contributed by atoms with E-state index in [0.29, 0.717) is 35.1 Å². The molecular formula is C45H58N2O17. The number of benzene rings is 2. The Morgan fingerprint density at radius 3 is 1.08 bits per heavy atom. The fraction of sp³-hybridized carbons (Fsp3) is 0.533.